The molecule has 1 aliphatic heterocycles. The average Bonchev–Trinajstić information content (AvgIpc) is 3.36. The normalized spacial score (nSPS) is 21.9. The molecule has 8 heteroatoms. The molecule has 0 bridgehead atoms. The molecule has 2 aromatic rings. The number of carboxylic acids is 1. The van der Waals surface area contributed by atoms with Crippen molar-refractivity contribution in [3.05, 3.63) is 59.7 Å². The van der Waals surface area contributed by atoms with Crippen LogP contribution in [0.15, 0.2) is 48.5 Å². The van der Waals surface area contributed by atoms with Gasteiger partial charge in [-0.25, -0.2) is 4.79 Å². The number of carbonyl (C=O) groups is 3. The Kier molecular flexibility index (Phi) is 6.88. The van der Waals surface area contributed by atoms with Crippen LogP contribution in [0.1, 0.15) is 37.3 Å². The van der Waals surface area contributed by atoms with Gasteiger partial charge < -0.3 is 25.2 Å². The van der Waals surface area contributed by atoms with E-state index in [0.717, 1.165) is 22.3 Å². The lowest BCUT2D eigenvalue weighted by Gasteiger charge is -2.29. The van der Waals surface area contributed by atoms with Gasteiger partial charge in [0.2, 0.25) is 5.91 Å². The molecule has 3 N–H and O–H groups in total. The molecule has 3 unspecified atom stereocenters. The van der Waals surface area contributed by atoms with E-state index in [1.807, 2.05) is 36.4 Å². The predicted molar refractivity (Wildman–Crippen MR) is 125 cm³/mol. The first-order valence-corrected chi connectivity index (χ1v) is 11.6. The molecule has 8 nitrogen and oxygen atoms in total. The Morgan fingerprint density at radius 1 is 1.12 bits per heavy atom. The smallest absolute Gasteiger partial charge is 0.407 e. The van der Waals surface area contributed by atoms with Gasteiger partial charge in [0.1, 0.15) is 6.61 Å². The number of amides is 2. The highest BCUT2D eigenvalue weighted by Gasteiger charge is 2.47. The second kappa shape index (κ2) is 9.85. The van der Waals surface area contributed by atoms with Gasteiger partial charge in [-0.1, -0.05) is 55.5 Å². The first kappa shape index (κ1) is 23.8. The predicted octanol–water partition coefficient (Wildman–Crippen LogP) is 3.16. The summed E-state index contributed by atoms with van der Waals surface area (Å²) in [6.45, 7) is 3.95. The summed E-state index contributed by atoms with van der Waals surface area (Å²) in [5, 5.41) is 14.7. The summed E-state index contributed by atoms with van der Waals surface area (Å²) in [4.78, 5) is 36.8. The van der Waals surface area contributed by atoms with Gasteiger partial charge in [0.15, 0.2) is 0 Å². The summed E-state index contributed by atoms with van der Waals surface area (Å²) < 4.78 is 11.1. The molecule has 0 spiro atoms. The third kappa shape index (κ3) is 4.50. The van der Waals surface area contributed by atoms with Gasteiger partial charge in [0.05, 0.1) is 30.6 Å². The van der Waals surface area contributed by atoms with Crippen LogP contribution in [0.3, 0.4) is 0 Å². The largest absolute Gasteiger partial charge is 0.481 e. The SMILES string of the molecule is CCC(CNC(=O)C1(C)COCC1NC(=O)OCC1c2ccccc2-c2ccccc21)C(=O)O. The van der Waals surface area contributed by atoms with Gasteiger partial charge in [-0.2, -0.15) is 0 Å². The van der Waals surface area contributed by atoms with Gasteiger partial charge >= 0.3 is 12.1 Å². The Hall–Kier alpha value is -3.39. The monoisotopic (exact) mass is 466 g/mol. The molecule has 2 aliphatic rings. The molecule has 180 valence electrons. The van der Waals surface area contributed by atoms with Crippen molar-refractivity contribution in [1.82, 2.24) is 10.6 Å². The molecule has 1 heterocycles. The van der Waals surface area contributed by atoms with Crippen molar-refractivity contribution in [3.63, 3.8) is 0 Å². The molecule has 3 atom stereocenters. The maximum Gasteiger partial charge on any atom is 0.407 e. The Balaban J connectivity index is 1.37. The van der Waals surface area contributed by atoms with Crippen molar-refractivity contribution in [2.24, 2.45) is 11.3 Å². The Bertz CT molecular complexity index is 1040. The number of hydrogen-bond donors (Lipinski definition) is 3. The number of rotatable bonds is 8. The highest BCUT2D eigenvalue weighted by atomic mass is 16.5. The van der Waals surface area contributed by atoms with Crippen LogP contribution >= 0.6 is 0 Å². The van der Waals surface area contributed by atoms with Crippen molar-refractivity contribution in [3.8, 4) is 11.1 Å². The Morgan fingerprint density at radius 2 is 1.74 bits per heavy atom. The quantitative estimate of drug-likeness (QED) is 0.551. The van der Waals surface area contributed by atoms with E-state index in [9.17, 15) is 19.5 Å². The standard InChI is InChI=1S/C26H30N2O6/c1-3-16(23(29)30)12-27-24(31)26(2)15-33-14-22(26)28-25(32)34-13-21-19-10-6-4-8-17(19)18-9-5-7-11-20(18)21/h4-11,16,21-22H,3,12-15H2,1-2H3,(H,27,31)(H,28,32)(H,29,30). The third-order valence-corrected chi connectivity index (χ3v) is 6.96. The number of alkyl carbamates (subject to hydrolysis) is 1. The number of carbonyl (C=O) groups excluding carboxylic acids is 2. The first-order chi connectivity index (χ1) is 16.3. The van der Waals surface area contributed by atoms with E-state index >= 15 is 0 Å². The fourth-order valence-electron chi connectivity index (χ4n) is 4.70. The van der Waals surface area contributed by atoms with E-state index in [2.05, 4.69) is 22.8 Å². The molecule has 1 aliphatic carbocycles. The number of benzene rings is 2. The second-order valence-corrected chi connectivity index (χ2v) is 9.11. The fraction of sp³-hybridized carbons (Fsp3) is 0.423. The lowest BCUT2D eigenvalue weighted by atomic mass is 9.84. The summed E-state index contributed by atoms with van der Waals surface area (Å²) >= 11 is 0. The lowest BCUT2D eigenvalue weighted by molar-refractivity contribution is -0.142. The number of fused-ring (bicyclic) bond motifs is 3. The van der Waals surface area contributed by atoms with Crippen LogP contribution in [-0.2, 0) is 19.1 Å². The maximum atomic E-state index is 12.9. The summed E-state index contributed by atoms with van der Waals surface area (Å²) in [6, 6.07) is 15.6. The zero-order chi connectivity index (χ0) is 24.3. The highest BCUT2D eigenvalue weighted by Crippen LogP contribution is 2.44. The van der Waals surface area contributed by atoms with Gasteiger partial charge in [0, 0.05) is 12.5 Å². The Morgan fingerprint density at radius 3 is 2.32 bits per heavy atom. The molecule has 0 radical (unpaired) electrons. The molecular weight excluding hydrogens is 436 g/mol. The van der Waals surface area contributed by atoms with E-state index in [1.54, 1.807) is 13.8 Å². The summed E-state index contributed by atoms with van der Waals surface area (Å²) in [7, 11) is 0. The minimum absolute atomic E-state index is 0.0257. The van der Waals surface area contributed by atoms with Crippen LogP contribution in [0.2, 0.25) is 0 Å². The van der Waals surface area contributed by atoms with Gasteiger partial charge in [0.25, 0.3) is 0 Å². The van der Waals surface area contributed by atoms with Gasteiger partial charge in [-0.15, -0.1) is 0 Å². The molecule has 1 fully saturated rings. The van der Waals surface area contributed by atoms with E-state index in [0.29, 0.717) is 6.42 Å². The minimum atomic E-state index is -1.03. The second-order valence-electron chi connectivity index (χ2n) is 9.11. The number of ether oxygens (including phenoxy) is 2. The summed E-state index contributed by atoms with van der Waals surface area (Å²) in [5.41, 5.74) is 3.50. The van der Waals surface area contributed by atoms with Gasteiger partial charge in [-0.05, 0) is 35.6 Å². The van der Waals surface area contributed by atoms with E-state index in [1.165, 1.54) is 0 Å². The number of nitrogens with one attached hydrogen (secondary N) is 2. The number of hydrogen-bond acceptors (Lipinski definition) is 5. The molecule has 0 aromatic heterocycles. The molecule has 2 amide bonds. The zero-order valence-corrected chi connectivity index (χ0v) is 19.4. The van der Waals surface area contributed by atoms with Crippen LogP contribution in [0.25, 0.3) is 11.1 Å². The van der Waals surface area contributed by atoms with E-state index < -0.39 is 29.4 Å². The minimum Gasteiger partial charge on any atom is -0.481 e. The van der Waals surface area contributed by atoms with Crippen molar-refractivity contribution >= 4 is 18.0 Å². The summed E-state index contributed by atoms with van der Waals surface area (Å²) in [6.07, 6.45) is -0.210. The van der Waals surface area contributed by atoms with E-state index in [4.69, 9.17) is 9.47 Å². The van der Waals surface area contributed by atoms with Crippen molar-refractivity contribution in [1.29, 1.82) is 0 Å². The maximum absolute atomic E-state index is 12.9. The highest BCUT2D eigenvalue weighted by molar-refractivity contribution is 5.85. The van der Waals surface area contributed by atoms with Crippen LogP contribution < -0.4 is 10.6 Å². The van der Waals surface area contributed by atoms with Crippen molar-refractivity contribution in [2.45, 2.75) is 32.2 Å². The number of carboxylic acid groups (broad SMARTS) is 1. The number of aliphatic carboxylic acids is 1. The lowest BCUT2D eigenvalue weighted by Crippen LogP contribution is -2.54. The molecule has 1 saturated heterocycles. The van der Waals surface area contributed by atoms with Gasteiger partial charge in [-0.3, -0.25) is 9.59 Å². The van der Waals surface area contributed by atoms with Crippen LogP contribution in [0.4, 0.5) is 4.79 Å². The molecule has 2 aromatic carbocycles. The molecule has 0 saturated carbocycles. The van der Waals surface area contributed by atoms with Crippen molar-refractivity contribution in [2.75, 3.05) is 26.4 Å². The fourth-order valence-corrected chi connectivity index (χ4v) is 4.70. The molecule has 34 heavy (non-hydrogen) atoms. The van der Waals surface area contributed by atoms with Crippen molar-refractivity contribution < 1.29 is 29.0 Å². The first-order valence-electron chi connectivity index (χ1n) is 11.6. The van der Waals surface area contributed by atoms with E-state index in [-0.39, 0.29) is 38.2 Å². The third-order valence-electron chi connectivity index (χ3n) is 6.96. The van der Waals surface area contributed by atoms with Crippen LogP contribution in [0, 0.1) is 11.3 Å². The zero-order valence-electron chi connectivity index (χ0n) is 19.4. The van der Waals surface area contributed by atoms with Crippen LogP contribution in [-0.4, -0.2) is 55.5 Å². The summed E-state index contributed by atoms with van der Waals surface area (Å²) in [5.74, 6) is -2.03. The molecule has 4 rings (SSSR count). The average molecular weight is 467 g/mol. The topological polar surface area (TPSA) is 114 Å². The van der Waals surface area contributed by atoms with Crippen LogP contribution in [0.5, 0.6) is 0 Å². The Labute approximate surface area is 198 Å². The molecular formula is C26H30N2O6.